The smallest absolute Gasteiger partial charge is 0.0293 e. The molecule has 0 aromatic carbocycles. The van der Waals surface area contributed by atoms with Crippen LogP contribution in [0.5, 0.6) is 0 Å². The molecule has 0 aliphatic rings. The van der Waals surface area contributed by atoms with Crippen molar-refractivity contribution in [1.82, 2.24) is 5.43 Å². The highest BCUT2D eigenvalue weighted by Crippen LogP contribution is 2.22. The molecule has 0 unspecified atom stereocenters. The molecule has 0 aromatic rings. The van der Waals surface area contributed by atoms with E-state index < -0.39 is 0 Å². The quantitative estimate of drug-likeness (QED) is 0.278. The lowest BCUT2D eigenvalue weighted by atomic mass is 9.89. The molecule has 0 aliphatic carbocycles. The van der Waals surface area contributed by atoms with Crippen LogP contribution in [-0.2, 0) is 0 Å². The van der Waals surface area contributed by atoms with Gasteiger partial charge in [-0.3, -0.25) is 11.3 Å². The zero-order valence-electron chi connectivity index (χ0n) is 13.1. The maximum atomic E-state index is 5.74. The Bertz CT molecular complexity index is 154. The van der Waals surface area contributed by atoms with Crippen LogP contribution < -0.4 is 11.3 Å². The highest BCUT2D eigenvalue weighted by Gasteiger charge is 2.20. The molecule has 0 spiro atoms. The van der Waals surface area contributed by atoms with Crippen LogP contribution in [0.2, 0.25) is 0 Å². The van der Waals surface area contributed by atoms with Gasteiger partial charge in [0.25, 0.3) is 0 Å². The Hall–Kier alpha value is -0.0800. The predicted octanol–water partition coefficient (Wildman–Crippen LogP) is 4.93. The van der Waals surface area contributed by atoms with Gasteiger partial charge in [0.2, 0.25) is 0 Å². The van der Waals surface area contributed by atoms with Gasteiger partial charge in [-0.1, -0.05) is 78.1 Å². The molecule has 0 heterocycles. The normalized spacial score (nSPS) is 12.0. The van der Waals surface area contributed by atoms with E-state index in [1.165, 1.54) is 77.0 Å². The largest absolute Gasteiger partial charge is 0.271 e. The summed E-state index contributed by atoms with van der Waals surface area (Å²) in [7, 11) is 0. The van der Waals surface area contributed by atoms with Crippen LogP contribution in [-0.4, -0.2) is 5.54 Å². The summed E-state index contributed by atoms with van der Waals surface area (Å²) >= 11 is 0. The van der Waals surface area contributed by atoms with E-state index in [0.29, 0.717) is 0 Å². The van der Waals surface area contributed by atoms with Crippen LogP contribution in [0, 0.1) is 0 Å². The number of hydrazine groups is 1. The Kier molecular flexibility index (Phi) is 11.9. The van der Waals surface area contributed by atoms with E-state index in [1.807, 2.05) is 0 Å². The zero-order chi connectivity index (χ0) is 13.7. The van der Waals surface area contributed by atoms with Crippen LogP contribution in [0.25, 0.3) is 0 Å². The highest BCUT2D eigenvalue weighted by molar-refractivity contribution is 4.80. The minimum Gasteiger partial charge on any atom is -0.271 e. The van der Waals surface area contributed by atoms with E-state index in [1.54, 1.807) is 0 Å². The minimum absolute atomic E-state index is 0.165. The fraction of sp³-hybridized carbons (Fsp3) is 1.00. The van der Waals surface area contributed by atoms with Gasteiger partial charge in [0.1, 0.15) is 0 Å². The van der Waals surface area contributed by atoms with Gasteiger partial charge in [-0.25, -0.2) is 0 Å². The third-order valence-corrected chi connectivity index (χ3v) is 4.01. The van der Waals surface area contributed by atoms with Crippen molar-refractivity contribution in [2.45, 2.75) is 103 Å². The second-order valence-electron chi connectivity index (χ2n) is 6.03. The zero-order valence-corrected chi connectivity index (χ0v) is 13.1. The molecule has 0 atom stereocenters. The fourth-order valence-corrected chi connectivity index (χ4v) is 2.51. The van der Waals surface area contributed by atoms with E-state index in [9.17, 15) is 0 Å². The molecule has 0 fully saturated rings. The monoisotopic (exact) mass is 256 g/mol. The topological polar surface area (TPSA) is 38.0 Å². The van der Waals surface area contributed by atoms with Gasteiger partial charge in [0.05, 0.1) is 0 Å². The molecular formula is C16H36N2. The van der Waals surface area contributed by atoms with Crippen molar-refractivity contribution in [3.05, 3.63) is 0 Å². The molecule has 0 saturated carbocycles. The molecule has 0 aromatic heterocycles. The van der Waals surface area contributed by atoms with Crippen molar-refractivity contribution >= 4 is 0 Å². The van der Waals surface area contributed by atoms with Gasteiger partial charge in [0.15, 0.2) is 0 Å². The summed E-state index contributed by atoms with van der Waals surface area (Å²) < 4.78 is 0. The Labute approximate surface area is 115 Å². The summed E-state index contributed by atoms with van der Waals surface area (Å²) in [4.78, 5) is 0. The first-order chi connectivity index (χ1) is 8.68. The Balaban J connectivity index is 3.60. The summed E-state index contributed by atoms with van der Waals surface area (Å²) in [6.07, 6.45) is 16.0. The summed E-state index contributed by atoms with van der Waals surface area (Å²) in [5.74, 6) is 5.74. The van der Waals surface area contributed by atoms with E-state index in [2.05, 4.69) is 26.2 Å². The summed E-state index contributed by atoms with van der Waals surface area (Å²) in [6, 6.07) is 0. The molecule has 0 radical (unpaired) electrons. The summed E-state index contributed by atoms with van der Waals surface area (Å²) in [5, 5.41) is 0. The number of nitrogens with one attached hydrogen (secondary N) is 1. The molecule has 0 aliphatic heterocycles. The van der Waals surface area contributed by atoms with Gasteiger partial charge in [-0.15, -0.1) is 0 Å². The van der Waals surface area contributed by atoms with Crippen molar-refractivity contribution in [3.63, 3.8) is 0 Å². The summed E-state index contributed by atoms with van der Waals surface area (Å²) in [6.45, 7) is 6.82. The van der Waals surface area contributed by atoms with Crippen LogP contribution in [0.3, 0.4) is 0 Å². The van der Waals surface area contributed by atoms with Gasteiger partial charge in [0, 0.05) is 5.54 Å². The highest BCUT2D eigenvalue weighted by atomic mass is 15.3. The molecule has 0 bridgehead atoms. The third-order valence-electron chi connectivity index (χ3n) is 4.01. The maximum absolute atomic E-state index is 5.74. The van der Waals surface area contributed by atoms with Crippen molar-refractivity contribution < 1.29 is 0 Å². The van der Waals surface area contributed by atoms with Gasteiger partial charge >= 0.3 is 0 Å². The first-order valence-electron chi connectivity index (χ1n) is 8.16. The van der Waals surface area contributed by atoms with Crippen LogP contribution >= 0.6 is 0 Å². The van der Waals surface area contributed by atoms with E-state index in [0.717, 1.165) is 0 Å². The van der Waals surface area contributed by atoms with E-state index in [-0.39, 0.29) is 5.54 Å². The molecular weight excluding hydrogens is 220 g/mol. The molecule has 2 nitrogen and oxygen atoms in total. The summed E-state index contributed by atoms with van der Waals surface area (Å²) in [5.41, 5.74) is 3.23. The van der Waals surface area contributed by atoms with Crippen molar-refractivity contribution in [2.24, 2.45) is 5.84 Å². The predicted molar refractivity (Wildman–Crippen MR) is 82.5 cm³/mol. The lowest BCUT2D eigenvalue weighted by Crippen LogP contribution is -2.46. The lowest BCUT2D eigenvalue weighted by molar-refractivity contribution is 0.291. The number of rotatable bonds is 13. The molecule has 110 valence electrons. The molecule has 0 rings (SSSR count). The molecule has 0 saturated heterocycles. The number of nitrogens with two attached hydrogens (primary N) is 1. The fourth-order valence-electron chi connectivity index (χ4n) is 2.51. The van der Waals surface area contributed by atoms with Gasteiger partial charge in [-0.05, 0) is 19.8 Å². The number of hydrogen-bond donors (Lipinski definition) is 2. The lowest BCUT2D eigenvalue weighted by Gasteiger charge is -2.29. The average Bonchev–Trinajstić information content (AvgIpc) is 2.38. The third kappa shape index (κ3) is 9.90. The Morgan fingerprint density at radius 2 is 1.11 bits per heavy atom. The van der Waals surface area contributed by atoms with Crippen LogP contribution in [0.1, 0.15) is 97.8 Å². The molecule has 18 heavy (non-hydrogen) atoms. The SMILES string of the molecule is CCCCCCCC(C)(CCCCCCC)NN. The second-order valence-corrected chi connectivity index (χ2v) is 6.03. The molecule has 0 amide bonds. The minimum atomic E-state index is 0.165. The second kappa shape index (κ2) is 12.0. The van der Waals surface area contributed by atoms with Crippen LogP contribution in [0.15, 0.2) is 0 Å². The first kappa shape index (κ1) is 17.9. The van der Waals surface area contributed by atoms with Crippen molar-refractivity contribution in [1.29, 1.82) is 0 Å². The number of hydrogen-bond acceptors (Lipinski definition) is 2. The van der Waals surface area contributed by atoms with Gasteiger partial charge in [-0.2, -0.15) is 0 Å². The van der Waals surface area contributed by atoms with Crippen LogP contribution in [0.4, 0.5) is 0 Å². The van der Waals surface area contributed by atoms with Gasteiger partial charge < -0.3 is 0 Å². The number of unbranched alkanes of at least 4 members (excludes halogenated alkanes) is 8. The van der Waals surface area contributed by atoms with Crippen molar-refractivity contribution in [2.75, 3.05) is 0 Å². The van der Waals surface area contributed by atoms with E-state index >= 15 is 0 Å². The Morgan fingerprint density at radius 3 is 1.44 bits per heavy atom. The Morgan fingerprint density at radius 1 is 0.722 bits per heavy atom. The molecule has 3 N–H and O–H groups in total. The van der Waals surface area contributed by atoms with E-state index in [4.69, 9.17) is 5.84 Å². The molecule has 2 heteroatoms. The first-order valence-corrected chi connectivity index (χ1v) is 8.16. The standard InChI is InChI=1S/C16H36N2/c1-4-6-8-10-12-14-16(3,18-17)15-13-11-9-7-5-2/h18H,4-15,17H2,1-3H3. The van der Waals surface area contributed by atoms with Crippen molar-refractivity contribution in [3.8, 4) is 0 Å². The average molecular weight is 256 g/mol. The maximum Gasteiger partial charge on any atom is 0.0293 e.